The predicted octanol–water partition coefficient (Wildman–Crippen LogP) is 3.94. The average molecular weight is 340 g/mol. The number of halogens is 4. The van der Waals surface area contributed by atoms with Gasteiger partial charge in [-0.05, 0) is 31.5 Å². The monoisotopic (exact) mass is 339 g/mol. The number of hydrogen-bond donors (Lipinski definition) is 1. The third kappa shape index (κ3) is 4.01. The lowest BCUT2D eigenvalue weighted by Crippen LogP contribution is -2.27. The normalized spacial score (nSPS) is 23.4. The van der Waals surface area contributed by atoms with Crippen LogP contribution in [0.25, 0.3) is 0 Å². The molecule has 1 aliphatic heterocycles. The molecule has 19 heavy (non-hydrogen) atoms. The second-order valence-electron chi connectivity index (χ2n) is 4.30. The summed E-state index contributed by atoms with van der Waals surface area (Å²) >= 11 is 3.13. The van der Waals surface area contributed by atoms with Gasteiger partial charge in [-0.1, -0.05) is 15.9 Å². The van der Waals surface area contributed by atoms with Gasteiger partial charge in [0.15, 0.2) is 5.75 Å². The van der Waals surface area contributed by atoms with E-state index < -0.39 is 6.36 Å². The summed E-state index contributed by atoms with van der Waals surface area (Å²) in [7, 11) is 0. The van der Waals surface area contributed by atoms with Crippen molar-refractivity contribution in [3.05, 3.63) is 22.7 Å². The fourth-order valence-electron chi connectivity index (χ4n) is 1.95. The highest BCUT2D eigenvalue weighted by atomic mass is 79.9. The lowest BCUT2D eigenvalue weighted by atomic mass is 10.1. The highest BCUT2D eigenvalue weighted by molar-refractivity contribution is 9.10. The standard InChI is InChI=1S/C12H13BrF3NO2/c1-7-9(4-5-18-7)17-10-3-2-8(13)6-11(10)19-12(14,15)16/h2-3,6-7,9,17H,4-5H2,1H3. The molecule has 106 valence electrons. The van der Waals surface area contributed by atoms with E-state index in [1.807, 2.05) is 6.92 Å². The molecule has 0 spiro atoms. The van der Waals surface area contributed by atoms with Gasteiger partial charge in [0.05, 0.1) is 17.8 Å². The maximum absolute atomic E-state index is 12.4. The number of nitrogens with one attached hydrogen (secondary N) is 1. The third-order valence-corrected chi connectivity index (χ3v) is 3.38. The second kappa shape index (κ2) is 5.58. The number of alkyl halides is 3. The molecule has 1 fully saturated rings. The Hall–Kier alpha value is -0.950. The predicted molar refractivity (Wildman–Crippen MR) is 68.3 cm³/mol. The van der Waals surface area contributed by atoms with Gasteiger partial charge < -0.3 is 14.8 Å². The Morgan fingerprint density at radius 3 is 2.74 bits per heavy atom. The lowest BCUT2D eigenvalue weighted by Gasteiger charge is -2.20. The topological polar surface area (TPSA) is 30.5 Å². The van der Waals surface area contributed by atoms with Crippen molar-refractivity contribution in [2.24, 2.45) is 0 Å². The molecule has 1 saturated heterocycles. The van der Waals surface area contributed by atoms with Crippen LogP contribution in [0.2, 0.25) is 0 Å². The number of hydrogen-bond acceptors (Lipinski definition) is 3. The molecule has 7 heteroatoms. The molecule has 0 bridgehead atoms. The zero-order valence-electron chi connectivity index (χ0n) is 10.1. The van der Waals surface area contributed by atoms with Crippen LogP contribution in [0.4, 0.5) is 18.9 Å². The summed E-state index contributed by atoms with van der Waals surface area (Å²) in [6.07, 6.45) is -4.00. The van der Waals surface area contributed by atoms with Crippen molar-refractivity contribution in [3.63, 3.8) is 0 Å². The van der Waals surface area contributed by atoms with Crippen LogP contribution in [0.5, 0.6) is 5.75 Å². The van der Waals surface area contributed by atoms with Gasteiger partial charge in [-0.25, -0.2) is 0 Å². The Balaban J connectivity index is 2.19. The van der Waals surface area contributed by atoms with E-state index in [-0.39, 0.29) is 17.9 Å². The van der Waals surface area contributed by atoms with Gasteiger partial charge >= 0.3 is 6.36 Å². The number of benzene rings is 1. The molecule has 0 aromatic heterocycles. The van der Waals surface area contributed by atoms with Crippen molar-refractivity contribution in [3.8, 4) is 5.75 Å². The summed E-state index contributed by atoms with van der Waals surface area (Å²) in [4.78, 5) is 0. The quantitative estimate of drug-likeness (QED) is 0.904. The smallest absolute Gasteiger partial charge is 0.404 e. The Morgan fingerprint density at radius 1 is 1.42 bits per heavy atom. The molecule has 0 saturated carbocycles. The molecule has 1 aliphatic rings. The van der Waals surface area contributed by atoms with Crippen molar-refractivity contribution in [1.82, 2.24) is 0 Å². The summed E-state index contributed by atoms with van der Waals surface area (Å²) in [5.74, 6) is -0.249. The van der Waals surface area contributed by atoms with Crippen molar-refractivity contribution in [1.29, 1.82) is 0 Å². The summed E-state index contributed by atoms with van der Waals surface area (Å²) < 4.78 is 47.0. The van der Waals surface area contributed by atoms with Crippen LogP contribution < -0.4 is 10.1 Å². The highest BCUT2D eigenvalue weighted by Crippen LogP contribution is 2.34. The van der Waals surface area contributed by atoms with E-state index in [2.05, 4.69) is 26.0 Å². The van der Waals surface area contributed by atoms with E-state index in [9.17, 15) is 13.2 Å². The largest absolute Gasteiger partial charge is 0.573 e. The van der Waals surface area contributed by atoms with Gasteiger partial charge in [0, 0.05) is 11.1 Å². The SMILES string of the molecule is CC1OCCC1Nc1ccc(Br)cc1OC(F)(F)F. The van der Waals surface area contributed by atoms with Crippen LogP contribution >= 0.6 is 15.9 Å². The molecule has 1 heterocycles. The summed E-state index contributed by atoms with van der Waals surface area (Å²) in [5.41, 5.74) is 0.308. The zero-order chi connectivity index (χ0) is 14.0. The highest BCUT2D eigenvalue weighted by Gasteiger charge is 2.33. The van der Waals surface area contributed by atoms with E-state index in [1.165, 1.54) is 6.07 Å². The fraction of sp³-hybridized carbons (Fsp3) is 0.500. The first-order chi connectivity index (χ1) is 8.85. The molecule has 2 unspecified atom stereocenters. The molecule has 2 atom stereocenters. The lowest BCUT2D eigenvalue weighted by molar-refractivity contribution is -0.274. The van der Waals surface area contributed by atoms with Gasteiger partial charge in [-0.2, -0.15) is 0 Å². The first kappa shape index (κ1) is 14.5. The number of ether oxygens (including phenoxy) is 2. The van der Waals surface area contributed by atoms with Crippen molar-refractivity contribution in [2.75, 3.05) is 11.9 Å². The minimum absolute atomic E-state index is 0.0169. The third-order valence-electron chi connectivity index (χ3n) is 2.89. The number of anilines is 1. The Bertz CT molecular complexity index is 453. The van der Waals surface area contributed by atoms with Gasteiger partial charge in [-0.15, -0.1) is 13.2 Å². The molecule has 1 aromatic carbocycles. The Kier molecular flexibility index (Phi) is 4.25. The van der Waals surface area contributed by atoms with Crippen LogP contribution in [0.3, 0.4) is 0 Å². The molecule has 1 N–H and O–H groups in total. The van der Waals surface area contributed by atoms with Crippen LogP contribution in [0.15, 0.2) is 22.7 Å². The van der Waals surface area contributed by atoms with Crippen molar-refractivity contribution < 1.29 is 22.6 Å². The Labute approximate surface area is 117 Å². The van der Waals surface area contributed by atoms with Crippen LogP contribution in [-0.4, -0.2) is 25.1 Å². The van der Waals surface area contributed by atoms with Crippen LogP contribution in [0, 0.1) is 0 Å². The zero-order valence-corrected chi connectivity index (χ0v) is 11.7. The summed E-state index contributed by atoms with van der Waals surface area (Å²) in [6.45, 7) is 2.48. The maximum atomic E-state index is 12.4. The van der Waals surface area contributed by atoms with Crippen molar-refractivity contribution in [2.45, 2.75) is 31.9 Å². The minimum atomic E-state index is -4.71. The fourth-order valence-corrected chi connectivity index (χ4v) is 2.29. The minimum Gasteiger partial charge on any atom is -0.404 e. The van der Waals surface area contributed by atoms with E-state index in [4.69, 9.17) is 4.74 Å². The first-order valence-electron chi connectivity index (χ1n) is 5.78. The van der Waals surface area contributed by atoms with E-state index >= 15 is 0 Å². The second-order valence-corrected chi connectivity index (χ2v) is 5.22. The van der Waals surface area contributed by atoms with Crippen molar-refractivity contribution >= 4 is 21.6 Å². The average Bonchev–Trinajstić information content (AvgIpc) is 2.66. The summed E-state index contributed by atoms with van der Waals surface area (Å²) in [6, 6.07) is 4.48. The van der Waals surface area contributed by atoms with Gasteiger partial charge in [0.25, 0.3) is 0 Å². The number of rotatable bonds is 3. The van der Waals surface area contributed by atoms with Gasteiger partial charge in [0.1, 0.15) is 0 Å². The molecule has 1 aromatic rings. The van der Waals surface area contributed by atoms with E-state index in [0.717, 1.165) is 6.42 Å². The molecular formula is C12H13BrF3NO2. The molecule has 2 rings (SSSR count). The first-order valence-corrected chi connectivity index (χ1v) is 6.58. The maximum Gasteiger partial charge on any atom is 0.573 e. The van der Waals surface area contributed by atoms with Gasteiger partial charge in [-0.3, -0.25) is 0 Å². The Morgan fingerprint density at radius 2 is 2.16 bits per heavy atom. The van der Waals surface area contributed by atoms with Gasteiger partial charge in [0.2, 0.25) is 0 Å². The van der Waals surface area contributed by atoms with E-state index in [1.54, 1.807) is 12.1 Å². The van der Waals surface area contributed by atoms with E-state index in [0.29, 0.717) is 16.8 Å². The molecule has 3 nitrogen and oxygen atoms in total. The van der Waals surface area contributed by atoms with Crippen LogP contribution in [0.1, 0.15) is 13.3 Å². The van der Waals surface area contributed by atoms with Crippen LogP contribution in [-0.2, 0) is 4.74 Å². The molecule has 0 aliphatic carbocycles. The molecule has 0 radical (unpaired) electrons. The molecule has 0 amide bonds. The molecular weight excluding hydrogens is 327 g/mol. The summed E-state index contributed by atoms with van der Waals surface area (Å²) in [5, 5.41) is 3.04.